The summed E-state index contributed by atoms with van der Waals surface area (Å²) >= 11 is 1.72. The van der Waals surface area contributed by atoms with Crippen LogP contribution >= 0.6 is 11.8 Å². The van der Waals surface area contributed by atoms with Gasteiger partial charge in [0.15, 0.2) is 0 Å². The predicted molar refractivity (Wildman–Crippen MR) is 82.2 cm³/mol. The molecule has 0 fully saturated rings. The third-order valence-corrected chi connectivity index (χ3v) is 5.51. The van der Waals surface area contributed by atoms with Crippen molar-refractivity contribution in [3.05, 3.63) is 39.8 Å². The molecule has 0 unspecified atom stereocenters. The van der Waals surface area contributed by atoms with Crippen LogP contribution in [0.1, 0.15) is 11.1 Å². The highest BCUT2D eigenvalue weighted by Gasteiger charge is 2.20. The van der Waals surface area contributed by atoms with E-state index in [-0.39, 0.29) is 15.3 Å². The topological polar surface area (TPSA) is 94.8 Å². The normalized spacial score (nSPS) is 16.6. The molecule has 7 heteroatoms. The van der Waals surface area contributed by atoms with Crippen LogP contribution < -0.4 is 10.4 Å². The molecule has 3 rings (SSSR count). The molecule has 1 aliphatic rings. The van der Waals surface area contributed by atoms with Gasteiger partial charge in [-0.2, -0.15) is 20.2 Å². The Morgan fingerprint density at radius 2 is 1.71 bits per heavy atom. The van der Waals surface area contributed by atoms with E-state index in [1.807, 2.05) is 6.07 Å². The van der Waals surface area contributed by atoms with Gasteiger partial charge in [-0.25, -0.2) is 0 Å². The molecule has 0 spiro atoms. The molecule has 1 aliphatic heterocycles. The van der Waals surface area contributed by atoms with Gasteiger partial charge >= 0.3 is 0 Å². The molecule has 21 heavy (non-hydrogen) atoms. The standard InChI is InChI=1S/C14H12O5S2/c15-4-9-1-8-2-10-6-20-7-11(10)3-12(8)14(13(9)5-16)21(17,18)19/h1-5,15-16H,6-7H2,(H,17,18,19). The Hall–Kier alpha value is -1.70. The minimum absolute atomic E-state index is 0.127. The molecule has 0 aromatic heterocycles. The summed E-state index contributed by atoms with van der Waals surface area (Å²) in [5.41, 5.74) is 2.13. The Morgan fingerprint density at radius 1 is 1.05 bits per heavy atom. The number of hydrogen-bond acceptors (Lipinski definition) is 5. The van der Waals surface area contributed by atoms with E-state index in [1.54, 1.807) is 23.9 Å². The van der Waals surface area contributed by atoms with Gasteiger partial charge in [0.2, 0.25) is 0 Å². The fourth-order valence-electron chi connectivity index (χ4n) is 2.60. The maximum atomic E-state index is 11.7. The molecule has 0 bridgehead atoms. The second-order valence-corrected chi connectivity index (χ2v) is 7.12. The second kappa shape index (κ2) is 4.94. The molecule has 110 valence electrons. The van der Waals surface area contributed by atoms with Gasteiger partial charge < -0.3 is 10.2 Å². The zero-order valence-electron chi connectivity index (χ0n) is 10.8. The van der Waals surface area contributed by atoms with Crippen LogP contribution in [-0.4, -0.2) is 23.2 Å². The predicted octanol–water partition coefficient (Wildman–Crippen LogP) is 1.43. The Balaban J connectivity index is 2.61. The minimum Gasteiger partial charge on any atom is -0.515 e. The van der Waals surface area contributed by atoms with Crippen LogP contribution in [0, 0.1) is 0 Å². The molecule has 0 radical (unpaired) electrons. The van der Waals surface area contributed by atoms with Gasteiger partial charge in [0.25, 0.3) is 10.1 Å². The van der Waals surface area contributed by atoms with E-state index in [9.17, 15) is 23.2 Å². The SMILES string of the molecule is O=S(=O)(O)c1c(=CO)c(=CO)cc2cc3c(cc12)CSC3. The number of rotatable bonds is 1. The lowest BCUT2D eigenvalue weighted by Gasteiger charge is -2.08. The highest BCUT2D eigenvalue weighted by atomic mass is 32.2. The molecule has 0 saturated carbocycles. The van der Waals surface area contributed by atoms with E-state index in [4.69, 9.17) is 0 Å². The van der Waals surface area contributed by atoms with Crippen molar-refractivity contribution in [1.82, 2.24) is 0 Å². The highest BCUT2D eigenvalue weighted by molar-refractivity contribution is 7.98. The third kappa shape index (κ3) is 2.27. The Kier molecular flexibility index (Phi) is 3.35. The Labute approximate surface area is 125 Å². The van der Waals surface area contributed by atoms with E-state index in [0.717, 1.165) is 22.6 Å². The summed E-state index contributed by atoms with van der Waals surface area (Å²) in [5.74, 6) is 1.63. The summed E-state index contributed by atoms with van der Waals surface area (Å²) in [6.07, 6.45) is 1.28. The summed E-state index contributed by atoms with van der Waals surface area (Å²) in [5, 5.41) is 19.5. The van der Waals surface area contributed by atoms with Gasteiger partial charge in [0, 0.05) is 27.3 Å². The van der Waals surface area contributed by atoms with Gasteiger partial charge in [-0.1, -0.05) is 0 Å². The summed E-state index contributed by atoms with van der Waals surface area (Å²) in [6.45, 7) is 0. The lowest BCUT2D eigenvalue weighted by molar-refractivity contribution is 0.482. The number of aliphatic hydroxyl groups is 2. The molecule has 0 saturated heterocycles. The fourth-order valence-corrected chi connectivity index (χ4v) is 4.59. The van der Waals surface area contributed by atoms with E-state index in [1.165, 1.54) is 0 Å². The Morgan fingerprint density at radius 3 is 2.29 bits per heavy atom. The van der Waals surface area contributed by atoms with Crippen molar-refractivity contribution in [2.24, 2.45) is 0 Å². The number of hydrogen-bond donors (Lipinski definition) is 3. The van der Waals surface area contributed by atoms with E-state index in [0.29, 0.717) is 23.3 Å². The van der Waals surface area contributed by atoms with E-state index >= 15 is 0 Å². The number of fused-ring (bicyclic) bond motifs is 2. The first kappa shape index (κ1) is 14.2. The monoisotopic (exact) mass is 324 g/mol. The van der Waals surface area contributed by atoms with Crippen molar-refractivity contribution in [3.63, 3.8) is 0 Å². The molecule has 3 N–H and O–H groups in total. The van der Waals surface area contributed by atoms with Gasteiger partial charge in [0.05, 0.1) is 12.5 Å². The smallest absolute Gasteiger partial charge is 0.295 e. The van der Waals surface area contributed by atoms with Crippen LogP contribution in [0.2, 0.25) is 0 Å². The molecule has 1 heterocycles. The van der Waals surface area contributed by atoms with Crippen LogP contribution in [-0.2, 0) is 21.6 Å². The summed E-state index contributed by atoms with van der Waals surface area (Å²) < 4.78 is 32.9. The molecule has 0 aliphatic carbocycles. The van der Waals surface area contributed by atoms with Crippen molar-refractivity contribution >= 4 is 45.2 Å². The number of thioether (sulfide) groups is 1. The maximum Gasteiger partial charge on any atom is 0.295 e. The van der Waals surface area contributed by atoms with Crippen LogP contribution in [0.5, 0.6) is 0 Å². The molecule has 0 atom stereocenters. The fraction of sp³-hybridized carbons (Fsp3) is 0.143. The summed E-state index contributed by atoms with van der Waals surface area (Å²) in [7, 11) is -4.55. The molecule has 2 aromatic carbocycles. The zero-order chi connectivity index (χ0) is 15.2. The lowest BCUT2D eigenvalue weighted by Crippen LogP contribution is -2.31. The average molecular weight is 324 g/mol. The first-order chi connectivity index (χ1) is 9.95. The summed E-state index contributed by atoms with van der Waals surface area (Å²) in [6, 6.07) is 5.16. The van der Waals surface area contributed by atoms with Crippen LogP contribution in [0.25, 0.3) is 23.3 Å². The van der Waals surface area contributed by atoms with Gasteiger partial charge in [0.1, 0.15) is 4.90 Å². The molecule has 5 nitrogen and oxygen atoms in total. The minimum atomic E-state index is -4.55. The highest BCUT2D eigenvalue weighted by Crippen LogP contribution is 2.33. The first-order valence-electron chi connectivity index (χ1n) is 6.08. The second-order valence-electron chi connectivity index (χ2n) is 4.78. The van der Waals surface area contributed by atoms with Crippen molar-refractivity contribution < 1.29 is 23.2 Å². The number of benzene rings is 2. The van der Waals surface area contributed by atoms with Crippen molar-refractivity contribution in [3.8, 4) is 0 Å². The van der Waals surface area contributed by atoms with E-state index in [2.05, 4.69) is 0 Å². The number of aliphatic hydroxyl groups excluding tert-OH is 2. The van der Waals surface area contributed by atoms with Crippen LogP contribution in [0.4, 0.5) is 0 Å². The van der Waals surface area contributed by atoms with Crippen molar-refractivity contribution in [2.45, 2.75) is 16.4 Å². The Bertz CT molecular complexity index is 961. The van der Waals surface area contributed by atoms with Gasteiger partial charge in [-0.3, -0.25) is 4.55 Å². The lowest BCUT2D eigenvalue weighted by atomic mass is 10.0. The van der Waals surface area contributed by atoms with Crippen LogP contribution in [0.3, 0.4) is 0 Å². The maximum absolute atomic E-state index is 11.7. The zero-order valence-corrected chi connectivity index (χ0v) is 12.4. The summed E-state index contributed by atoms with van der Waals surface area (Å²) in [4.78, 5) is -0.387. The van der Waals surface area contributed by atoms with E-state index < -0.39 is 10.1 Å². The van der Waals surface area contributed by atoms with Gasteiger partial charge in [-0.05, 0) is 34.7 Å². The molecule has 0 amide bonds. The quantitative estimate of drug-likeness (QED) is 0.687. The first-order valence-corrected chi connectivity index (χ1v) is 8.68. The van der Waals surface area contributed by atoms with Crippen molar-refractivity contribution in [1.29, 1.82) is 0 Å². The molecular weight excluding hydrogens is 312 g/mol. The largest absolute Gasteiger partial charge is 0.515 e. The third-order valence-electron chi connectivity index (χ3n) is 3.52. The molecular formula is C14H12O5S2. The van der Waals surface area contributed by atoms with Crippen molar-refractivity contribution in [2.75, 3.05) is 0 Å². The molecule has 2 aromatic rings. The average Bonchev–Trinajstić information content (AvgIpc) is 2.88. The van der Waals surface area contributed by atoms with Crippen LogP contribution in [0.15, 0.2) is 23.1 Å². The van der Waals surface area contributed by atoms with Gasteiger partial charge in [-0.15, -0.1) is 0 Å².